The molecule has 2 aromatic heterocycles. The summed E-state index contributed by atoms with van der Waals surface area (Å²) in [7, 11) is 0. The number of pyridine rings is 1. The van der Waals surface area contributed by atoms with Crippen molar-refractivity contribution in [2.45, 2.75) is 12.6 Å². The molecule has 2 heterocycles. The molecular weight excluding hydrogens is 299 g/mol. The van der Waals surface area contributed by atoms with Crippen LogP contribution in [0.15, 0.2) is 36.8 Å². The lowest BCUT2D eigenvalue weighted by Crippen LogP contribution is -2.18. The van der Waals surface area contributed by atoms with Crippen molar-refractivity contribution in [3.8, 4) is 0 Å². The molecule has 0 unspecified atom stereocenters. The number of amides is 1. The van der Waals surface area contributed by atoms with Crippen LogP contribution in [0, 0.1) is 0 Å². The molecule has 2 rings (SSSR count). The van der Waals surface area contributed by atoms with E-state index in [-0.39, 0.29) is 24.8 Å². The van der Waals surface area contributed by atoms with Gasteiger partial charge in [0.1, 0.15) is 5.69 Å². The van der Waals surface area contributed by atoms with E-state index < -0.39 is 11.9 Å². The number of nitrogens with zero attached hydrogens (tertiary/aromatic N) is 3. The third-order valence-electron chi connectivity index (χ3n) is 2.55. The van der Waals surface area contributed by atoms with Gasteiger partial charge in [-0.2, -0.15) is 13.2 Å². The maximum absolute atomic E-state index is 12.5. The monoisotopic (exact) mass is 311 g/mol. The summed E-state index contributed by atoms with van der Waals surface area (Å²) in [4.78, 5) is 22.5. The molecule has 0 bridgehead atoms. The van der Waals surface area contributed by atoms with Crippen LogP contribution in [-0.2, 0) is 11.0 Å². The van der Waals surface area contributed by atoms with E-state index in [1.807, 2.05) is 0 Å². The lowest BCUT2D eigenvalue weighted by atomic mass is 10.3. The Morgan fingerprint density at radius 2 is 1.86 bits per heavy atom. The molecule has 0 aromatic carbocycles. The van der Waals surface area contributed by atoms with Crippen LogP contribution in [0.4, 0.5) is 24.8 Å². The number of rotatable bonds is 5. The van der Waals surface area contributed by atoms with Crippen molar-refractivity contribution in [3.63, 3.8) is 0 Å². The van der Waals surface area contributed by atoms with E-state index in [0.29, 0.717) is 5.69 Å². The molecule has 0 fully saturated rings. The average Bonchev–Trinajstić information content (AvgIpc) is 2.48. The van der Waals surface area contributed by atoms with Gasteiger partial charge in [-0.1, -0.05) is 0 Å². The normalized spacial score (nSPS) is 11.0. The predicted octanol–water partition coefficient (Wildman–Crippen LogP) is 2.33. The molecule has 2 N–H and O–H groups in total. The van der Waals surface area contributed by atoms with Gasteiger partial charge < -0.3 is 10.6 Å². The number of nitrogens with one attached hydrogen (secondary N) is 2. The summed E-state index contributed by atoms with van der Waals surface area (Å²) >= 11 is 0. The van der Waals surface area contributed by atoms with Gasteiger partial charge in [-0.3, -0.25) is 9.78 Å². The van der Waals surface area contributed by atoms with E-state index in [1.165, 1.54) is 12.4 Å². The number of hydrogen-bond acceptors (Lipinski definition) is 5. The molecule has 1 amide bonds. The van der Waals surface area contributed by atoms with Crippen molar-refractivity contribution in [1.82, 2.24) is 15.0 Å². The summed E-state index contributed by atoms with van der Waals surface area (Å²) in [5.74, 6) is -0.461. The van der Waals surface area contributed by atoms with Gasteiger partial charge in [-0.05, 0) is 18.2 Å². The summed E-state index contributed by atoms with van der Waals surface area (Å²) in [6, 6.07) is 4.03. The quantitative estimate of drug-likeness (QED) is 0.886. The molecule has 0 radical (unpaired) electrons. The molecule has 0 saturated heterocycles. The molecule has 0 aliphatic rings. The van der Waals surface area contributed by atoms with Crippen molar-refractivity contribution in [2.24, 2.45) is 0 Å². The molecule has 0 saturated carbocycles. The Morgan fingerprint density at radius 1 is 1.14 bits per heavy atom. The van der Waals surface area contributed by atoms with Crippen LogP contribution in [0.25, 0.3) is 0 Å². The zero-order valence-electron chi connectivity index (χ0n) is 11.3. The highest BCUT2D eigenvalue weighted by atomic mass is 19.4. The number of carbonyl (C=O) groups excluding carboxylic acids is 1. The highest BCUT2D eigenvalue weighted by Gasteiger charge is 2.32. The van der Waals surface area contributed by atoms with E-state index in [0.717, 1.165) is 12.3 Å². The van der Waals surface area contributed by atoms with Gasteiger partial charge in [-0.15, -0.1) is 0 Å². The van der Waals surface area contributed by atoms with Crippen molar-refractivity contribution in [1.29, 1.82) is 0 Å². The maximum Gasteiger partial charge on any atom is 0.433 e. The third-order valence-corrected chi connectivity index (χ3v) is 2.55. The van der Waals surface area contributed by atoms with Crippen LogP contribution in [0.3, 0.4) is 0 Å². The van der Waals surface area contributed by atoms with Gasteiger partial charge in [0, 0.05) is 37.2 Å². The van der Waals surface area contributed by atoms with Gasteiger partial charge >= 0.3 is 6.18 Å². The fourth-order valence-electron chi connectivity index (χ4n) is 1.55. The minimum absolute atomic E-state index is 0.0575. The number of alkyl halides is 3. The predicted molar refractivity (Wildman–Crippen MR) is 73.0 cm³/mol. The highest BCUT2D eigenvalue weighted by molar-refractivity contribution is 5.90. The van der Waals surface area contributed by atoms with Gasteiger partial charge in [0.15, 0.2) is 0 Å². The Balaban J connectivity index is 1.82. The van der Waals surface area contributed by atoms with E-state index in [1.54, 1.807) is 12.1 Å². The number of halogens is 3. The number of anilines is 2. The van der Waals surface area contributed by atoms with Gasteiger partial charge in [0.25, 0.3) is 0 Å². The zero-order valence-corrected chi connectivity index (χ0v) is 11.3. The van der Waals surface area contributed by atoms with Crippen molar-refractivity contribution in [2.75, 3.05) is 17.2 Å². The minimum Gasteiger partial charge on any atom is -0.354 e. The molecule has 22 heavy (non-hydrogen) atoms. The first-order valence-electron chi connectivity index (χ1n) is 6.29. The van der Waals surface area contributed by atoms with Crippen LogP contribution in [0.1, 0.15) is 12.1 Å². The first kappa shape index (κ1) is 15.7. The van der Waals surface area contributed by atoms with Gasteiger partial charge in [0.2, 0.25) is 11.9 Å². The molecule has 116 valence electrons. The smallest absolute Gasteiger partial charge is 0.354 e. The van der Waals surface area contributed by atoms with Crippen molar-refractivity contribution >= 4 is 17.5 Å². The summed E-state index contributed by atoms with van der Waals surface area (Å²) < 4.78 is 37.4. The molecule has 0 spiro atoms. The summed E-state index contributed by atoms with van der Waals surface area (Å²) in [6.07, 6.45) is -0.399. The second-order valence-electron chi connectivity index (χ2n) is 4.22. The molecule has 2 aromatic rings. The first-order valence-corrected chi connectivity index (χ1v) is 6.29. The highest BCUT2D eigenvalue weighted by Crippen LogP contribution is 2.27. The van der Waals surface area contributed by atoms with Crippen molar-refractivity contribution < 1.29 is 18.0 Å². The fourth-order valence-corrected chi connectivity index (χ4v) is 1.55. The third kappa shape index (κ3) is 4.69. The standard InChI is InChI=1S/C13H12F3N5O/c14-13(15,16)10-3-7-18-12(21-10)19-8-4-11(22)20-9-1-5-17-6-2-9/h1-3,5-7H,4,8H2,(H,17,20,22)(H,18,19,21). The molecule has 0 aliphatic carbocycles. The molecule has 9 heteroatoms. The summed E-state index contributed by atoms with van der Waals surface area (Å²) in [6.45, 7) is 0.109. The molecular formula is C13H12F3N5O. The van der Waals surface area contributed by atoms with Crippen LogP contribution < -0.4 is 10.6 Å². The van der Waals surface area contributed by atoms with Gasteiger partial charge in [0.05, 0.1) is 0 Å². The minimum atomic E-state index is -4.53. The Hall–Kier alpha value is -2.71. The first-order chi connectivity index (χ1) is 10.4. The van der Waals surface area contributed by atoms with Crippen LogP contribution in [-0.4, -0.2) is 27.4 Å². The Bertz CT molecular complexity index is 633. The maximum atomic E-state index is 12.5. The second-order valence-corrected chi connectivity index (χ2v) is 4.22. The number of aromatic nitrogens is 3. The molecule has 0 aliphatic heterocycles. The Labute approximate surface area is 123 Å². The molecule has 6 nitrogen and oxygen atoms in total. The van der Waals surface area contributed by atoms with E-state index in [4.69, 9.17) is 0 Å². The summed E-state index contributed by atoms with van der Waals surface area (Å²) in [5, 5.41) is 5.20. The van der Waals surface area contributed by atoms with Crippen LogP contribution in [0.5, 0.6) is 0 Å². The van der Waals surface area contributed by atoms with Crippen molar-refractivity contribution in [3.05, 3.63) is 42.5 Å². The molecule has 0 atom stereocenters. The Morgan fingerprint density at radius 3 is 2.55 bits per heavy atom. The van der Waals surface area contributed by atoms with Crippen LogP contribution in [0.2, 0.25) is 0 Å². The SMILES string of the molecule is O=C(CCNc1nccc(C(F)(F)F)n1)Nc1ccncc1. The average molecular weight is 311 g/mol. The topological polar surface area (TPSA) is 79.8 Å². The van der Waals surface area contributed by atoms with Gasteiger partial charge in [-0.25, -0.2) is 9.97 Å². The lowest BCUT2D eigenvalue weighted by molar-refractivity contribution is -0.141. The van der Waals surface area contributed by atoms with E-state index in [2.05, 4.69) is 25.6 Å². The van der Waals surface area contributed by atoms with Crippen LogP contribution >= 0.6 is 0 Å². The fraction of sp³-hybridized carbons (Fsp3) is 0.231. The Kier molecular flexibility index (Phi) is 4.87. The largest absolute Gasteiger partial charge is 0.433 e. The lowest BCUT2D eigenvalue weighted by Gasteiger charge is -2.08. The zero-order chi connectivity index (χ0) is 16.0. The number of carbonyl (C=O) groups is 1. The summed E-state index contributed by atoms with van der Waals surface area (Å²) in [5.41, 5.74) is -0.443. The number of hydrogen-bond donors (Lipinski definition) is 2. The van der Waals surface area contributed by atoms with E-state index >= 15 is 0 Å². The van der Waals surface area contributed by atoms with E-state index in [9.17, 15) is 18.0 Å². The second kappa shape index (κ2) is 6.83.